The van der Waals surface area contributed by atoms with Crippen molar-refractivity contribution >= 4 is 52.6 Å². The van der Waals surface area contributed by atoms with E-state index in [0.29, 0.717) is 12.5 Å². The molecule has 4 nitrogen and oxygen atoms in total. The Kier molecular flexibility index (Phi) is 9.37. The summed E-state index contributed by atoms with van der Waals surface area (Å²) >= 11 is 3.49. The highest BCUT2D eigenvalue weighted by Crippen LogP contribution is 2.24. The lowest BCUT2D eigenvalue weighted by molar-refractivity contribution is 0.571. The molecule has 140 valence electrons. The van der Waals surface area contributed by atoms with Crippen molar-refractivity contribution in [3.63, 3.8) is 0 Å². The minimum Gasteiger partial charge on any atom is -0.357 e. The molecule has 0 bridgehead atoms. The Morgan fingerprint density at radius 1 is 1.28 bits per heavy atom. The maximum absolute atomic E-state index is 4.71. The smallest absolute Gasteiger partial charge is 0.191 e. The number of guanidine groups is 1. The first-order valence-corrected chi connectivity index (χ1v) is 10.2. The topological polar surface area (TPSA) is 49.3 Å². The first-order valence-electron chi connectivity index (χ1n) is 8.40. The number of thiazole rings is 1. The second-order valence-electron chi connectivity index (χ2n) is 6.87. The molecule has 2 aromatic heterocycles. The highest BCUT2D eigenvalue weighted by molar-refractivity contribution is 14.0. The first-order chi connectivity index (χ1) is 11.4. The van der Waals surface area contributed by atoms with Gasteiger partial charge in [-0.15, -0.1) is 46.7 Å². The van der Waals surface area contributed by atoms with E-state index in [-0.39, 0.29) is 29.4 Å². The van der Waals surface area contributed by atoms with E-state index in [1.165, 1.54) is 4.88 Å². The van der Waals surface area contributed by atoms with E-state index in [1.807, 2.05) is 0 Å². The van der Waals surface area contributed by atoms with Crippen molar-refractivity contribution in [1.82, 2.24) is 15.6 Å². The molecular formula is C18H29IN4S2. The number of hydrogen-bond donors (Lipinski definition) is 2. The summed E-state index contributed by atoms with van der Waals surface area (Å²) in [5.74, 6) is 1.33. The molecule has 0 saturated carbocycles. The third kappa shape index (κ3) is 7.22. The Hall–Kier alpha value is -0.670. The van der Waals surface area contributed by atoms with Crippen LogP contribution in [0.3, 0.4) is 0 Å². The molecule has 2 aromatic rings. The fraction of sp³-hybridized carbons (Fsp3) is 0.556. The van der Waals surface area contributed by atoms with Crippen LogP contribution in [0.25, 0.3) is 0 Å². The third-order valence-electron chi connectivity index (χ3n) is 3.64. The summed E-state index contributed by atoms with van der Waals surface area (Å²) < 4.78 is 0. The highest BCUT2D eigenvalue weighted by atomic mass is 127. The molecule has 0 spiro atoms. The summed E-state index contributed by atoms with van der Waals surface area (Å²) in [6.45, 7) is 13.2. The molecule has 0 radical (unpaired) electrons. The van der Waals surface area contributed by atoms with Crippen molar-refractivity contribution in [2.75, 3.05) is 13.1 Å². The van der Waals surface area contributed by atoms with Crippen LogP contribution >= 0.6 is 46.7 Å². The van der Waals surface area contributed by atoms with Crippen molar-refractivity contribution in [2.45, 2.75) is 52.5 Å². The number of rotatable bonds is 6. The van der Waals surface area contributed by atoms with Crippen LogP contribution in [0.15, 0.2) is 27.9 Å². The van der Waals surface area contributed by atoms with Gasteiger partial charge in [-0.25, -0.2) is 9.98 Å². The van der Waals surface area contributed by atoms with Gasteiger partial charge < -0.3 is 10.6 Å². The van der Waals surface area contributed by atoms with Gasteiger partial charge in [0.2, 0.25) is 0 Å². The van der Waals surface area contributed by atoms with Gasteiger partial charge in [-0.2, -0.15) is 0 Å². The van der Waals surface area contributed by atoms with Crippen molar-refractivity contribution < 1.29 is 0 Å². The lowest BCUT2D eigenvalue weighted by Crippen LogP contribution is -2.39. The van der Waals surface area contributed by atoms with Crippen LogP contribution in [0.4, 0.5) is 0 Å². The molecule has 25 heavy (non-hydrogen) atoms. The summed E-state index contributed by atoms with van der Waals surface area (Å²) in [5, 5.41) is 12.1. The number of hydrogen-bond acceptors (Lipinski definition) is 4. The molecule has 2 N–H and O–H groups in total. The van der Waals surface area contributed by atoms with Crippen LogP contribution in [0.1, 0.15) is 56.1 Å². The van der Waals surface area contributed by atoms with E-state index in [1.54, 1.807) is 22.7 Å². The van der Waals surface area contributed by atoms with Crippen LogP contribution in [-0.2, 0) is 12.0 Å². The van der Waals surface area contributed by atoms with E-state index in [2.05, 4.69) is 73.1 Å². The predicted molar refractivity (Wildman–Crippen MR) is 122 cm³/mol. The maximum Gasteiger partial charge on any atom is 0.191 e. The van der Waals surface area contributed by atoms with E-state index < -0.39 is 0 Å². The second-order valence-corrected chi connectivity index (χ2v) is 8.79. The van der Waals surface area contributed by atoms with E-state index in [4.69, 9.17) is 4.98 Å². The standard InChI is InChI=1S/C18H28N4S2.HI/c1-6-19-17(20-10-13(2)14-8-7-9-23-14)21-11-16-22-15(12-24-16)18(3,4)5;/h7-9,12-13H,6,10-11H2,1-5H3,(H2,19,20,21);1H. The molecule has 0 aliphatic rings. The van der Waals surface area contributed by atoms with Crippen molar-refractivity contribution in [3.05, 3.63) is 38.5 Å². The Morgan fingerprint density at radius 2 is 2.04 bits per heavy atom. The van der Waals surface area contributed by atoms with Crippen molar-refractivity contribution in [3.8, 4) is 0 Å². The molecule has 0 saturated heterocycles. The van der Waals surface area contributed by atoms with Crippen LogP contribution < -0.4 is 10.6 Å². The summed E-state index contributed by atoms with van der Waals surface area (Å²) in [6.07, 6.45) is 0. The fourth-order valence-electron chi connectivity index (χ4n) is 2.14. The molecule has 7 heteroatoms. The Balaban J connectivity index is 0.00000312. The number of aromatic nitrogens is 1. The quantitative estimate of drug-likeness (QED) is 0.340. The first kappa shape index (κ1) is 22.4. The van der Waals surface area contributed by atoms with Crippen molar-refractivity contribution in [1.29, 1.82) is 0 Å². The molecule has 0 amide bonds. The van der Waals surface area contributed by atoms with Gasteiger partial charge in [0.1, 0.15) is 5.01 Å². The molecule has 0 fully saturated rings. The van der Waals surface area contributed by atoms with Crippen molar-refractivity contribution in [2.24, 2.45) is 4.99 Å². The molecule has 0 aliphatic heterocycles. The van der Waals surface area contributed by atoms with Crippen LogP contribution in [-0.4, -0.2) is 24.0 Å². The molecule has 2 rings (SSSR count). The molecule has 2 heterocycles. The zero-order valence-electron chi connectivity index (χ0n) is 15.6. The molecule has 0 aliphatic carbocycles. The van der Waals surface area contributed by atoms with E-state index in [0.717, 1.165) is 29.8 Å². The zero-order valence-corrected chi connectivity index (χ0v) is 19.6. The average molecular weight is 492 g/mol. The molecule has 1 unspecified atom stereocenters. The van der Waals surface area contributed by atoms with Gasteiger partial charge in [-0.3, -0.25) is 0 Å². The number of nitrogens with one attached hydrogen (secondary N) is 2. The van der Waals surface area contributed by atoms with Gasteiger partial charge in [0.05, 0.1) is 12.2 Å². The van der Waals surface area contributed by atoms with Crippen LogP contribution in [0.2, 0.25) is 0 Å². The zero-order chi connectivity index (χ0) is 17.6. The number of aliphatic imine (C=N–C) groups is 1. The van der Waals surface area contributed by atoms with Gasteiger partial charge in [0.15, 0.2) is 5.96 Å². The number of nitrogens with zero attached hydrogens (tertiary/aromatic N) is 2. The molecule has 0 aromatic carbocycles. The average Bonchev–Trinajstić information content (AvgIpc) is 3.20. The van der Waals surface area contributed by atoms with E-state index >= 15 is 0 Å². The molecule has 1 atom stereocenters. The third-order valence-corrected chi connectivity index (χ3v) is 5.58. The van der Waals surface area contributed by atoms with Gasteiger partial charge >= 0.3 is 0 Å². The number of halogens is 1. The monoisotopic (exact) mass is 492 g/mol. The minimum absolute atomic E-state index is 0. The normalized spacial score (nSPS) is 13.2. The van der Waals surface area contributed by atoms with Gasteiger partial charge in [0.25, 0.3) is 0 Å². The predicted octanol–water partition coefficient (Wildman–Crippen LogP) is 4.98. The largest absolute Gasteiger partial charge is 0.357 e. The lowest BCUT2D eigenvalue weighted by Gasteiger charge is -2.15. The van der Waals surface area contributed by atoms with Crippen LogP contribution in [0.5, 0.6) is 0 Å². The Bertz CT molecular complexity index is 644. The van der Waals surface area contributed by atoms with Gasteiger partial charge in [-0.05, 0) is 18.4 Å². The maximum atomic E-state index is 4.71. The SMILES string of the molecule is CCNC(=NCc1nc(C(C)(C)C)cs1)NCC(C)c1cccs1.I. The molecular weight excluding hydrogens is 463 g/mol. The fourth-order valence-corrected chi connectivity index (χ4v) is 3.87. The summed E-state index contributed by atoms with van der Waals surface area (Å²) in [5.41, 5.74) is 1.24. The minimum atomic E-state index is 0. The van der Waals surface area contributed by atoms with Crippen LogP contribution in [0, 0.1) is 0 Å². The highest BCUT2D eigenvalue weighted by Gasteiger charge is 2.17. The summed E-state index contributed by atoms with van der Waals surface area (Å²) in [7, 11) is 0. The summed E-state index contributed by atoms with van der Waals surface area (Å²) in [6, 6.07) is 4.29. The summed E-state index contributed by atoms with van der Waals surface area (Å²) in [4.78, 5) is 10.8. The second kappa shape index (κ2) is 10.5. The number of thiophene rings is 1. The van der Waals surface area contributed by atoms with Gasteiger partial charge in [0, 0.05) is 34.7 Å². The Morgan fingerprint density at radius 3 is 2.60 bits per heavy atom. The lowest BCUT2D eigenvalue weighted by atomic mass is 9.93. The van der Waals surface area contributed by atoms with E-state index in [9.17, 15) is 0 Å². The Labute approximate surface area is 176 Å². The van der Waals surface area contributed by atoms with Gasteiger partial charge in [-0.1, -0.05) is 33.8 Å².